The predicted octanol–water partition coefficient (Wildman–Crippen LogP) is 3.76. The zero-order valence-electron chi connectivity index (χ0n) is 15.8. The number of nitro groups is 1. The molecule has 1 amide bonds. The molecule has 1 aliphatic heterocycles. The summed E-state index contributed by atoms with van der Waals surface area (Å²) < 4.78 is 13.5. The van der Waals surface area contributed by atoms with Gasteiger partial charge < -0.3 is 5.11 Å². The number of anilines is 1. The number of pyridine rings is 1. The number of carbonyl (C=O) groups excluding carboxylic acids is 2. The quantitative estimate of drug-likeness (QED) is 0.226. The smallest absolute Gasteiger partial charge is 0.301 e. The monoisotopic (exact) mass is 419 g/mol. The molecule has 1 aliphatic rings. The van der Waals surface area contributed by atoms with Crippen LogP contribution in [-0.4, -0.2) is 26.7 Å². The van der Waals surface area contributed by atoms with E-state index in [0.717, 1.165) is 4.90 Å². The number of nitrogens with zero attached hydrogens (tertiary/aromatic N) is 3. The summed E-state index contributed by atoms with van der Waals surface area (Å²) in [7, 11) is 0. The van der Waals surface area contributed by atoms with Gasteiger partial charge in [-0.3, -0.25) is 24.6 Å². The second-order valence-corrected chi connectivity index (χ2v) is 6.71. The Morgan fingerprint density at radius 1 is 1.03 bits per heavy atom. The molecule has 0 aliphatic carbocycles. The summed E-state index contributed by atoms with van der Waals surface area (Å²) in [4.78, 5) is 41.3. The zero-order chi connectivity index (χ0) is 22.1. The highest BCUT2D eigenvalue weighted by atomic mass is 19.1. The van der Waals surface area contributed by atoms with Crippen LogP contribution in [0.15, 0.2) is 78.5 Å². The van der Waals surface area contributed by atoms with Gasteiger partial charge in [-0.2, -0.15) is 0 Å². The molecule has 1 atom stereocenters. The fourth-order valence-electron chi connectivity index (χ4n) is 3.42. The van der Waals surface area contributed by atoms with Crippen molar-refractivity contribution in [2.75, 3.05) is 4.90 Å². The van der Waals surface area contributed by atoms with Crippen LogP contribution in [0.1, 0.15) is 17.2 Å². The van der Waals surface area contributed by atoms with Gasteiger partial charge in [0.25, 0.3) is 11.5 Å². The molecule has 2 heterocycles. The van der Waals surface area contributed by atoms with Gasteiger partial charge in [-0.1, -0.05) is 18.2 Å². The topological polar surface area (TPSA) is 114 Å². The third kappa shape index (κ3) is 3.52. The lowest BCUT2D eigenvalue weighted by molar-refractivity contribution is -0.384. The Morgan fingerprint density at radius 3 is 2.29 bits per heavy atom. The molecule has 2 aromatic carbocycles. The van der Waals surface area contributed by atoms with Crippen LogP contribution in [0, 0.1) is 15.9 Å². The largest absolute Gasteiger partial charge is 0.507 e. The number of aromatic nitrogens is 1. The van der Waals surface area contributed by atoms with Gasteiger partial charge in [0.2, 0.25) is 0 Å². The Labute approximate surface area is 175 Å². The number of ketones is 1. The van der Waals surface area contributed by atoms with Crippen molar-refractivity contribution in [2.45, 2.75) is 6.04 Å². The summed E-state index contributed by atoms with van der Waals surface area (Å²) in [6.45, 7) is 0. The molecule has 0 spiro atoms. The summed E-state index contributed by atoms with van der Waals surface area (Å²) in [5, 5.41) is 21.8. The SMILES string of the molecule is O=C1C(=O)N(c2ccccn2)[C@@H](c2ccc(F)cc2)/C1=C(\O)c1ccc([N+](=O)[O-])cc1. The van der Waals surface area contributed by atoms with E-state index in [4.69, 9.17) is 0 Å². The first-order chi connectivity index (χ1) is 14.9. The van der Waals surface area contributed by atoms with E-state index in [1.807, 2.05) is 0 Å². The van der Waals surface area contributed by atoms with E-state index >= 15 is 0 Å². The number of aliphatic hydroxyl groups excluding tert-OH is 1. The van der Waals surface area contributed by atoms with Gasteiger partial charge in [-0.25, -0.2) is 9.37 Å². The van der Waals surface area contributed by atoms with Crippen molar-refractivity contribution in [2.24, 2.45) is 0 Å². The number of carbonyl (C=O) groups is 2. The number of amides is 1. The van der Waals surface area contributed by atoms with Gasteiger partial charge in [0.05, 0.1) is 16.5 Å². The van der Waals surface area contributed by atoms with Crippen molar-refractivity contribution in [1.82, 2.24) is 4.98 Å². The lowest BCUT2D eigenvalue weighted by Crippen LogP contribution is -2.30. The van der Waals surface area contributed by atoms with Crippen LogP contribution < -0.4 is 4.90 Å². The van der Waals surface area contributed by atoms with Crippen molar-refractivity contribution in [3.63, 3.8) is 0 Å². The lowest BCUT2D eigenvalue weighted by Gasteiger charge is -2.24. The molecule has 1 aromatic heterocycles. The van der Waals surface area contributed by atoms with Crippen LogP contribution in [0.4, 0.5) is 15.9 Å². The van der Waals surface area contributed by atoms with Gasteiger partial charge >= 0.3 is 5.91 Å². The number of nitro benzene ring substituents is 1. The molecule has 3 aromatic rings. The van der Waals surface area contributed by atoms with Crippen molar-refractivity contribution >= 4 is 29.0 Å². The van der Waals surface area contributed by atoms with E-state index in [0.29, 0.717) is 5.56 Å². The molecule has 9 heteroatoms. The minimum atomic E-state index is -1.06. The molecule has 1 fully saturated rings. The summed E-state index contributed by atoms with van der Waals surface area (Å²) in [5.41, 5.74) is 0.0862. The molecule has 0 bridgehead atoms. The van der Waals surface area contributed by atoms with Crippen LogP contribution in [0.25, 0.3) is 5.76 Å². The van der Waals surface area contributed by atoms with Crippen molar-refractivity contribution < 1.29 is 24.0 Å². The second kappa shape index (κ2) is 7.79. The number of Topliss-reactive ketones (excluding diaryl/α,β-unsaturated/α-hetero) is 1. The first-order valence-electron chi connectivity index (χ1n) is 9.11. The average molecular weight is 419 g/mol. The highest BCUT2D eigenvalue weighted by molar-refractivity contribution is 6.51. The van der Waals surface area contributed by atoms with Gasteiger partial charge in [0.1, 0.15) is 17.4 Å². The zero-order valence-corrected chi connectivity index (χ0v) is 15.8. The highest BCUT2D eigenvalue weighted by Gasteiger charge is 2.47. The highest BCUT2D eigenvalue weighted by Crippen LogP contribution is 2.41. The number of halogens is 1. The number of non-ortho nitro benzene ring substituents is 1. The first kappa shape index (κ1) is 19.9. The van der Waals surface area contributed by atoms with E-state index in [2.05, 4.69) is 4.98 Å². The van der Waals surface area contributed by atoms with E-state index in [1.54, 1.807) is 12.1 Å². The molecular formula is C22H14FN3O5. The minimum absolute atomic E-state index is 0.122. The standard InChI is InChI=1S/C22H14FN3O5/c23-15-8-4-13(5-9-15)19-18(20(27)14-6-10-16(11-7-14)26(30)31)21(28)22(29)25(19)17-3-1-2-12-24-17/h1-12,19,27H/b20-18+/t19-/m0/s1. The van der Waals surface area contributed by atoms with Crippen molar-refractivity contribution in [1.29, 1.82) is 0 Å². The van der Waals surface area contributed by atoms with E-state index in [9.17, 15) is 29.2 Å². The fraction of sp³-hybridized carbons (Fsp3) is 0.0455. The number of hydrogen-bond acceptors (Lipinski definition) is 6. The van der Waals surface area contributed by atoms with E-state index in [-0.39, 0.29) is 22.6 Å². The fourth-order valence-corrected chi connectivity index (χ4v) is 3.42. The Bertz CT molecular complexity index is 1210. The molecule has 31 heavy (non-hydrogen) atoms. The Kier molecular flexibility index (Phi) is 5.00. The Morgan fingerprint density at radius 2 is 1.71 bits per heavy atom. The van der Waals surface area contributed by atoms with Crippen LogP contribution in [0.3, 0.4) is 0 Å². The normalized spacial score (nSPS) is 17.7. The first-order valence-corrected chi connectivity index (χ1v) is 9.11. The Hall–Kier alpha value is -4.40. The maximum Gasteiger partial charge on any atom is 0.301 e. The van der Waals surface area contributed by atoms with Gasteiger partial charge in [-0.05, 0) is 42.0 Å². The third-order valence-corrected chi connectivity index (χ3v) is 4.88. The van der Waals surface area contributed by atoms with Gasteiger partial charge in [-0.15, -0.1) is 0 Å². The predicted molar refractivity (Wildman–Crippen MR) is 109 cm³/mol. The molecule has 4 rings (SSSR count). The van der Waals surface area contributed by atoms with Gasteiger partial charge in [0, 0.05) is 23.9 Å². The minimum Gasteiger partial charge on any atom is -0.507 e. The number of rotatable bonds is 4. The van der Waals surface area contributed by atoms with Crippen LogP contribution in [-0.2, 0) is 9.59 Å². The summed E-state index contributed by atoms with van der Waals surface area (Å²) >= 11 is 0. The van der Waals surface area contributed by atoms with Crippen LogP contribution in [0.5, 0.6) is 0 Å². The van der Waals surface area contributed by atoms with E-state index < -0.39 is 34.2 Å². The molecule has 1 N–H and O–H groups in total. The number of benzene rings is 2. The summed E-state index contributed by atoms with van der Waals surface area (Å²) in [6, 6.07) is 13.8. The lowest BCUT2D eigenvalue weighted by atomic mass is 9.95. The van der Waals surface area contributed by atoms with Gasteiger partial charge in [0.15, 0.2) is 0 Å². The molecule has 1 saturated heterocycles. The maximum absolute atomic E-state index is 13.5. The third-order valence-electron chi connectivity index (χ3n) is 4.88. The summed E-state index contributed by atoms with van der Waals surface area (Å²) in [6.07, 6.45) is 1.45. The molecule has 0 radical (unpaired) electrons. The van der Waals surface area contributed by atoms with Crippen LogP contribution >= 0.6 is 0 Å². The molecule has 0 saturated carbocycles. The molecule has 0 unspecified atom stereocenters. The van der Waals surface area contributed by atoms with Crippen LogP contribution in [0.2, 0.25) is 0 Å². The second-order valence-electron chi connectivity index (χ2n) is 6.71. The molecule has 8 nitrogen and oxygen atoms in total. The molecular weight excluding hydrogens is 405 g/mol. The van der Waals surface area contributed by atoms with Crippen molar-refractivity contribution in [3.8, 4) is 0 Å². The van der Waals surface area contributed by atoms with E-state index in [1.165, 1.54) is 60.8 Å². The maximum atomic E-state index is 13.5. The Balaban J connectivity index is 1.91. The summed E-state index contributed by atoms with van der Waals surface area (Å²) in [5.74, 6) is -2.68. The molecule has 154 valence electrons. The van der Waals surface area contributed by atoms with Crippen molar-refractivity contribution in [3.05, 3.63) is 106 Å². The number of aliphatic hydroxyl groups is 1. The average Bonchev–Trinajstić information content (AvgIpc) is 3.05. The number of hydrogen-bond donors (Lipinski definition) is 1.